The maximum absolute atomic E-state index is 6.14. The topological polar surface area (TPSA) is 46.0 Å². The zero-order valence-corrected chi connectivity index (χ0v) is 14.6. The van der Waals surface area contributed by atoms with E-state index in [1.54, 1.807) is 36.5 Å². The van der Waals surface area contributed by atoms with Crippen LogP contribution in [0.2, 0.25) is 15.1 Å². The van der Waals surface area contributed by atoms with Crippen LogP contribution in [0.15, 0.2) is 47.6 Å². The van der Waals surface area contributed by atoms with Crippen molar-refractivity contribution in [3.8, 4) is 11.4 Å². The molecule has 23 heavy (non-hydrogen) atoms. The lowest BCUT2D eigenvalue weighted by atomic mass is 10.2. The fraction of sp³-hybridized carbons (Fsp3) is 0. The highest BCUT2D eigenvalue weighted by Crippen LogP contribution is 2.24. The molecule has 0 aliphatic heterocycles. The highest BCUT2D eigenvalue weighted by Gasteiger charge is 2.09. The molecule has 116 valence electrons. The second-order valence-corrected chi connectivity index (χ2v) is 6.19. The smallest absolute Gasteiger partial charge is 0.216 e. The number of halogens is 3. The molecule has 0 aliphatic rings. The summed E-state index contributed by atoms with van der Waals surface area (Å²) in [5.41, 5.74) is 1.39. The highest BCUT2D eigenvalue weighted by atomic mass is 35.5. The van der Waals surface area contributed by atoms with E-state index in [0.29, 0.717) is 31.2 Å². The van der Waals surface area contributed by atoms with E-state index in [9.17, 15) is 0 Å². The molecule has 0 atom stereocenters. The van der Waals surface area contributed by atoms with Gasteiger partial charge in [0.2, 0.25) is 4.77 Å². The molecular formula is C15H9Cl3N4S. The maximum atomic E-state index is 6.14. The molecule has 0 fully saturated rings. The van der Waals surface area contributed by atoms with Gasteiger partial charge in [0.05, 0.1) is 16.3 Å². The summed E-state index contributed by atoms with van der Waals surface area (Å²) in [7, 11) is 0. The Morgan fingerprint density at radius 3 is 2.48 bits per heavy atom. The Kier molecular flexibility index (Phi) is 4.82. The van der Waals surface area contributed by atoms with E-state index < -0.39 is 0 Å². The number of hydrogen-bond acceptors (Lipinski definition) is 3. The average molecular weight is 384 g/mol. The third kappa shape index (κ3) is 3.48. The van der Waals surface area contributed by atoms with Crippen molar-refractivity contribution in [3.05, 3.63) is 67.9 Å². The van der Waals surface area contributed by atoms with Gasteiger partial charge in [-0.1, -0.05) is 53.0 Å². The number of H-pyrrole nitrogens is 1. The van der Waals surface area contributed by atoms with E-state index in [-0.39, 0.29) is 0 Å². The predicted molar refractivity (Wildman–Crippen MR) is 97.3 cm³/mol. The number of nitrogens with zero attached hydrogens (tertiary/aromatic N) is 3. The zero-order chi connectivity index (χ0) is 16.4. The normalized spacial score (nSPS) is 11.3. The summed E-state index contributed by atoms with van der Waals surface area (Å²) >= 11 is 23.5. The van der Waals surface area contributed by atoms with Gasteiger partial charge in [-0.05, 0) is 36.5 Å². The van der Waals surface area contributed by atoms with Gasteiger partial charge in [0.1, 0.15) is 0 Å². The van der Waals surface area contributed by atoms with Crippen LogP contribution in [-0.4, -0.2) is 21.1 Å². The first-order valence-corrected chi connectivity index (χ1v) is 8.02. The van der Waals surface area contributed by atoms with Gasteiger partial charge in [0.25, 0.3) is 0 Å². The standard InChI is InChI=1S/C15H9Cl3N4S/c16-10-4-1-3-9(7-10)14-20-21-15(23)22(14)19-8-11-12(17)5-2-6-13(11)18/h1-8H,(H,21,23). The first-order valence-electron chi connectivity index (χ1n) is 6.48. The van der Waals surface area contributed by atoms with Crippen LogP contribution in [0.5, 0.6) is 0 Å². The molecule has 0 radical (unpaired) electrons. The summed E-state index contributed by atoms with van der Waals surface area (Å²) in [5, 5.41) is 12.9. The van der Waals surface area contributed by atoms with Gasteiger partial charge in [0, 0.05) is 16.1 Å². The predicted octanol–water partition coefficient (Wildman–Crippen LogP) is 5.45. The van der Waals surface area contributed by atoms with Gasteiger partial charge < -0.3 is 0 Å². The van der Waals surface area contributed by atoms with Crippen LogP contribution in [0.3, 0.4) is 0 Å². The van der Waals surface area contributed by atoms with Crippen LogP contribution < -0.4 is 0 Å². The van der Waals surface area contributed by atoms with Crippen molar-refractivity contribution in [3.63, 3.8) is 0 Å². The monoisotopic (exact) mass is 382 g/mol. The van der Waals surface area contributed by atoms with E-state index in [4.69, 9.17) is 47.0 Å². The Bertz CT molecular complexity index is 926. The molecule has 0 bridgehead atoms. The van der Waals surface area contributed by atoms with E-state index in [1.165, 1.54) is 4.68 Å². The third-order valence-corrected chi connectivity index (χ3v) is 4.19. The average Bonchev–Trinajstić information content (AvgIpc) is 2.88. The minimum absolute atomic E-state index is 0.347. The Labute approximate surface area is 152 Å². The van der Waals surface area contributed by atoms with Crippen molar-refractivity contribution >= 4 is 53.2 Å². The lowest BCUT2D eigenvalue weighted by Gasteiger charge is -2.03. The lowest BCUT2D eigenvalue weighted by molar-refractivity contribution is 0.871. The number of aromatic nitrogens is 3. The number of benzene rings is 2. The molecule has 0 saturated heterocycles. The second kappa shape index (κ2) is 6.84. The molecule has 4 nitrogen and oxygen atoms in total. The van der Waals surface area contributed by atoms with E-state index in [2.05, 4.69) is 15.3 Å². The molecule has 1 aromatic heterocycles. The first-order chi connectivity index (χ1) is 11.1. The molecule has 3 rings (SSSR count). The Balaban J connectivity index is 2.06. The van der Waals surface area contributed by atoms with E-state index >= 15 is 0 Å². The lowest BCUT2D eigenvalue weighted by Crippen LogP contribution is -1.96. The van der Waals surface area contributed by atoms with Gasteiger partial charge in [-0.15, -0.1) is 0 Å². The summed E-state index contributed by atoms with van der Waals surface area (Å²) < 4.78 is 1.83. The van der Waals surface area contributed by atoms with Crippen molar-refractivity contribution in [1.29, 1.82) is 0 Å². The summed E-state index contributed by atoms with van der Waals surface area (Å²) in [6.07, 6.45) is 1.55. The molecule has 3 aromatic rings. The summed E-state index contributed by atoms with van der Waals surface area (Å²) in [4.78, 5) is 0. The van der Waals surface area contributed by atoms with Gasteiger partial charge in [-0.3, -0.25) is 0 Å². The molecule has 0 aliphatic carbocycles. The Morgan fingerprint density at radius 2 is 1.78 bits per heavy atom. The van der Waals surface area contributed by atoms with Crippen LogP contribution in [-0.2, 0) is 0 Å². The van der Waals surface area contributed by atoms with Crippen molar-refractivity contribution in [2.75, 3.05) is 0 Å². The highest BCUT2D eigenvalue weighted by molar-refractivity contribution is 7.71. The molecule has 0 amide bonds. The summed E-state index contributed by atoms with van der Waals surface area (Å²) in [6, 6.07) is 12.5. The number of rotatable bonds is 3. The van der Waals surface area contributed by atoms with E-state index in [0.717, 1.165) is 5.56 Å². The minimum atomic E-state index is 0.347. The minimum Gasteiger partial charge on any atom is -0.250 e. The van der Waals surface area contributed by atoms with Crippen LogP contribution in [0.1, 0.15) is 5.56 Å². The van der Waals surface area contributed by atoms with Crippen molar-refractivity contribution < 1.29 is 0 Å². The number of nitrogens with one attached hydrogen (secondary N) is 1. The first kappa shape index (κ1) is 16.2. The van der Waals surface area contributed by atoms with Gasteiger partial charge in [-0.2, -0.15) is 14.9 Å². The molecule has 0 spiro atoms. The van der Waals surface area contributed by atoms with Gasteiger partial charge >= 0.3 is 0 Å². The second-order valence-electron chi connectivity index (χ2n) is 4.55. The fourth-order valence-electron chi connectivity index (χ4n) is 1.96. The van der Waals surface area contributed by atoms with Crippen molar-refractivity contribution in [1.82, 2.24) is 14.9 Å². The van der Waals surface area contributed by atoms with Crippen LogP contribution in [0.4, 0.5) is 0 Å². The SMILES string of the molecule is S=c1[nH]nc(-c2cccc(Cl)c2)n1N=Cc1c(Cl)cccc1Cl. The Morgan fingerprint density at radius 1 is 1.09 bits per heavy atom. The van der Waals surface area contributed by atoms with Crippen molar-refractivity contribution in [2.24, 2.45) is 5.10 Å². The third-order valence-electron chi connectivity index (χ3n) is 3.04. The maximum Gasteiger partial charge on any atom is 0.216 e. The largest absolute Gasteiger partial charge is 0.250 e. The summed E-state index contributed by atoms with van der Waals surface area (Å²) in [6.45, 7) is 0. The molecule has 1 heterocycles. The van der Waals surface area contributed by atoms with Crippen LogP contribution >= 0.6 is 47.0 Å². The van der Waals surface area contributed by atoms with Gasteiger partial charge in [0.15, 0.2) is 5.82 Å². The molecule has 8 heteroatoms. The van der Waals surface area contributed by atoms with E-state index in [1.807, 2.05) is 12.1 Å². The number of aromatic amines is 1. The molecule has 0 unspecified atom stereocenters. The Hall–Kier alpha value is -1.66. The van der Waals surface area contributed by atoms with Crippen LogP contribution in [0, 0.1) is 4.77 Å². The molecule has 1 N–H and O–H groups in total. The van der Waals surface area contributed by atoms with Crippen LogP contribution in [0.25, 0.3) is 11.4 Å². The molecular weight excluding hydrogens is 375 g/mol. The zero-order valence-electron chi connectivity index (χ0n) is 11.5. The summed E-state index contributed by atoms with van der Waals surface area (Å²) in [5.74, 6) is 0.539. The van der Waals surface area contributed by atoms with Crippen molar-refractivity contribution in [2.45, 2.75) is 0 Å². The molecule has 0 saturated carbocycles. The van der Waals surface area contributed by atoms with Gasteiger partial charge in [-0.25, -0.2) is 5.10 Å². The molecule has 2 aromatic carbocycles. The quantitative estimate of drug-likeness (QED) is 0.483. The number of hydrogen-bond donors (Lipinski definition) is 1. The fourth-order valence-corrected chi connectivity index (χ4v) is 2.83.